The highest BCUT2D eigenvalue weighted by Gasteiger charge is 2.13. The SMILES string of the molecule is CCOCCCCNC(=NC)NCc1c(OC)cc(OC)cc1OC.I. The fourth-order valence-corrected chi connectivity index (χ4v) is 2.33. The minimum atomic E-state index is 0. The second kappa shape index (κ2) is 14.7. The van der Waals surface area contributed by atoms with Crippen molar-refractivity contribution in [2.75, 3.05) is 48.1 Å². The lowest BCUT2D eigenvalue weighted by atomic mass is 10.1. The zero-order valence-electron chi connectivity index (χ0n) is 16.4. The Hall–Kier alpha value is -1.42. The summed E-state index contributed by atoms with van der Waals surface area (Å²) in [4.78, 5) is 4.24. The number of hydrogen-bond donors (Lipinski definition) is 2. The maximum Gasteiger partial charge on any atom is 0.191 e. The van der Waals surface area contributed by atoms with Gasteiger partial charge in [0, 0.05) is 38.9 Å². The maximum atomic E-state index is 5.46. The Labute approximate surface area is 173 Å². The lowest BCUT2D eigenvalue weighted by molar-refractivity contribution is 0.143. The van der Waals surface area contributed by atoms with Gasteiger partial charge in [0.25, 0.3) is 0 Å². The van der Waals surface area contributed by atoms with E-state index in [2.05, 4.69) is 15.6 Å². The van der Waals surface area contributed by atoms with Gasteiger partial charge in [0.2, 0.25) is 0 Å². The maximum absolute atomic E-state index is 5.46. The molecule has 0 saturated carbocycles. The number of benzene rings is 1. The van der Waals surface area contributed by atoms with E-state index in [-0.39, 0.29) is 24.0 Å². The normalized spacial score (nSPS) is 10.7. The quantitative estimate of drug-likeness (QED) is 0.219. The topological polar surface area (TPSA) is 73.3 Å². The molecule has 0 bridgehead atoms. The van der Waals surface area contributed by atoms with Crippen molar-refractivity contribution >= 4 is 29.9 Å². The van der Waals surface area contributed by atoms with Gasteiger partial charge >= 0.3 is 0 Å². The number of hydrogen-bond acceptors (Lipinski definition) is 5. The number of aliphatic imine (C=N–C) groups is 1. The van der Waals surface area contributed by atoms with Crippen molar-refractivity contribution < 1.29 is 18.9 Å². The van der Waals surface area contributed by atoms with Gasteiger partial charge in [0.15, 0.2) is 5.96 Å². The second-order valence-electron chi connectivity index (χ2n) is 5.27. The molecule has 1 aromatic rings. The van der Waals surface area contributed by atoms with Gasteiger partial charge in [-0.25, -0.2) is 0 Å². The number of guanidine groups is 1. The summed E-state index contributed by atoms with van der Waals surface area (Å²) in [5.74, 6) is 2.83. The Morgan fingerprint density at radius 3 is 2.15 bits per heavy atom. The number of halogens is 1. The third-order valence-electron chi connectivity index (χ3n) is 3.69. The lowest BCUT2D eigenvalue weighted by Gasteiger charge is -2.17. The van der Waals surface area contributed by atoms with Crippen LogP contribution in [0.3, 0.4) is 0 Å². The zero-order valence-corrected chi connectivity index (χ0v) is 18.7. The van der Waals surface area contributed by atoms with Crippen LogP contribution in [0.4, 0.5) is 0 Å². The molecule has 7 nitrogen and oxygen atoms in total. The molecule has 0 fully saturated rings. The molecule has 0 aromatic heterocycles. The first-order chi connectivity index (χ1) is 12.2. The third-order valence-corrected chi connectivity index (χ3v) is 3.69. The molecule has 1 aromatic carbocycles. The third kappa shape index (κ3) is 8.31. The summed E-state index contributed by atoms with van der Waals surface area (Å²) in [5, 5.41) is 6.57. The van der Waals surface area contributed by atoms with Crippen LogP contribution >= 0.6 is 24.0 Å². The molecule has 150 valence electrons. The highest BCUT2D eigenvalue weighted by Crippen LogP contribution is 2.33. The molecular formula is C18H32IN3O4. The lowest BCUT2D eigenvalue weighted by Crippen LogP contribution is -2.37. The summed E-state index contributed by atoms with van der Waals surface area (Å²) in [6, 6.07) is 3.67. The van der Waals surface area contributed by atoms with Gasteiger partial charge in [-0.1, -0.05) is 0 Å². The van der Waals surface area contributed by atoms with Gasteiger partial charge in [0.1, 0.15) is 17.2 Å². The molecule has 0 atom stereocenters. The Morgan fingerprint density at radius 1 is 1.00 bits per heavy atom. The first kappa shape index (κ1) is 24.6. The van der Waals surface area contributed by atoms with E-state index in [9.17, 15) is 0 Å². The summed E-state index contributed by atoms with van der Waals surface area (Å²) in [6.45, 7) is 4.93. The average Bonchev–Trinajstić information content (AvgIpc) is 2.66. The molecule has 0 aliphatic rings. The molecule has 26 heavy (non-hydrogen) atoms. The minimum Gasteiger partial charge on any atom is -0.496 e. The molecule has 0 spiro atoms. The second-order valence-corrected chi connectivity index (χ2v) is 5.27. The van der Waals surface area contributed by atoms with Crippen LogP contribution in [-0.4, -0.2) is 54.1 Å². The molecule has 0 aliphatic carbocycles. The Morgan fingerprint density at radius 2 is 1.65 bits per heavy atom. The fourth-order valence-electron chi connectivity index (χ4n) is 2.33. The molecular weight excluding hydrogens is 449 g/mol. The van der Waals surface area contributed by atoms with Crippen LogP contribution < -0.4 is 24.8 Å². The van der Waals surface area contributed by atoms with Gasteiger partial charge in [0.05, 0.1) is 33.4 Å². The van der Waals surface area contributed by atoms with E-state index in [1.807, 2.05) is 19.1 Å². The number of methoxy groups -OCH3 is 3. The van der Waals surface area contributed by atoms with Crippen LogP contribution in [0.15, 0.2) is 17.1 Å². The molecule has 0 saturated heterocycles. The van der Waals surface area contributed by atoms with Crippen LogP contribution in [0.2, 0.25) is 0 Å². The van der Waals surface area contributed by atoms with Crippen molar-refractivity contribution in [3.63, 3.8) is 0 Å². The molecule has 2 N–H and O–H groups in total. The van der Waals surface area contributed by atoms with Gasteiger partial charge in [-0.05, 0) is 19.8 Å². The minimum absolute atomic E-state index is 0. The van der Waals surface area contributed by atoms with Crippen molar-refractivity contribution in [3.05, 3.63) is 17.7 Å². The van der Waals surface area contributed by atoms with Crippen LogP contribution in [0.5, 0.6) is 17.2 Å². The van der Waals surface area contributed by atoms with Crippen LogP contribution in [-0.2, 0) is 11.3 Å². The van der Waals surface area contributed by atoms with Crippen LogP contribution in [0.25, 0.3) is 0 Å². The predicted octanol–water partition coefficient (Wildman–Crippen LogP) is 2.81. The Bertz CT molecular complexity index is 516. The van der Waals surface area contributed by atoms with E-state index in [4.69, 9.17) is 18.9 Å². The first-order valence-corrected chi connectivity index (χ1v) is 8.51. The monoisotopic (exact) mass is 481 g/mol. The Balaban J connectivity index is 0.00000625. The molecule has 0 amide bonds. The molecule has 0 radical (unpaired) electrons. The first-order valence-electron chi connectivity index (χ1n) is 8.51. The number of nitrogens with one attached hydrogen (secondary N) is 2. The average molecular weight is 481 g/mol. The standard InChI is InChI=1S/C18H31N3O4.HI/c1-6-25-10-8-7-9-20-18(19-2)21-13-15-16(23-4)11-14(22-3)12-17(15)24-5;/h11-12H,6-10,13H2,1-5H3,(H2,19,20,21);1H. The Kier molecular flexibility index (Phi) is 13.9. The predicted molar refractivity (Wildman–Crippen MR) is 115 cm³/mol. The largest absolute Gasteiger partial charge is 0.496 e. The molecule has 8 heteroatoms. The van der Waals surface area contributed by atoms with E-state index in [0.29, 0.717) is 23.8 Å². The summed E-state index contributed by atoms with van der Waals surface area (Å²) >= 11 is 0. The zero-order chi connectivity index (χ0) is 18.5. The van der Waals surface area contributed by atoms with Crippen molar-refractivity contribution in [2.24, 2.45) is 4.99 Å². The number of ether oxygens (including phenoxy) is 4. The van der Waals surface area contributed by atoms with E-state index in [1.54, 1.807) is 28.4 Å². The summed E-state index contributed by atoms with van der Waals surface area (Å²) in [5.41, 5.74) is 0.907. The molecule has 1 rings (SSSR count). The van der Waals surface area contributed by atoms with E-state index < -0.39 is 0 Å². The molecule has 0 heterocycles. The summed E-state index contributed by atoms with van der Waals surface area (Å²) in [6.07, 6.45) is 2.05. The molecule has 0 aliphatic heterocycles. The smallest absolute Gasteiger partial charge is 0.191 e. The van der Waals surface area contributed by atoms with Crippen molar-refractivity contribution in [2.45, 2.75) is 26.3 Å². The number of rotatable bonds is 11. The van der Waals surface area contributed by atoms with E-state index in [1.165, 1.54) is 0 Å². The number of unbranched alkanes of at least 4 members (excludes halogenated alkanes) is 1. The summed E-state index contributed by atoms with van der Waals surface area (Å²) < 4.78 is 21.5. The van der Waals surface area contributed by atoms with E-state index in [0.717, 1.165) is 44.1 Å². The highest BCUT2D eigenvalue weighted by molar-refractivity contribution is 14.0. The fraction of sp³-hybridized carbons (Fsp3) is 0.611. The van der Waals surface area contributed by atoms with E-state index >= 15 is 0 Å². The van der Waals surface area contributed by atoms with Crippen LogP contribution in [0.1, 0.15) is 25.3 Å². The highest BCUT2D eigenvalue weighted by atomic mass is 127. The molecule has 0 unspecified atom stereocenters. The van der Waals surface area contributed by atoms with Crippen molar-refractivity contribution in [1.82, 2.24) is 10.6 Å². The van der Waals surface area contributed by atoms with Crippen molar-refractivity contribution in [3.8, 4) is 17.2 Å². The van der Waals surface area contributed by atoms with Gasteiger partial charge < -0.3 is 29.6 Å². The van der Waals surface area contributed by atoms with Crippen LogP contribution in [0, 0.1) is 0 Å². The summed E-state index contributed by atoms with van der Waals surface area (Å²) in [7, 11) is 6.62. The number of nitrogens with zero attached hydrogens (tertiary/aromatic N) is 1. The van der Waals surface area contributed by atoms with Gasteiger partial charge in [-0.3, -0.25) is 4.99 Å². The van der Waals surface area contributed by atoms with Crippen molar-refractivity contribution in [1.29, 1.82) is 0 Å². The van der Waals surface area contributed by atoms with Gasteiger partial charge in [-0.15, -0.1) is 24.0 Å². The van der Waals surface area contributed by atoms with Gasteiger partial charge in [-0.2, -0.15) is 0 Å².